The highest BCUT2D eigenvalue weighted by atomic mass is 32.2. The van der Waals surface area contributed by atoms with Crippen molar-refractivity contribution in [3.8, 4) is 0 Å². The fraction of sp³-hybridized carbons (Fsp3) is 1.00. The van der Waals surface area contributed by atoms with Crippen molar-refractivity contribution in [2.75, 3.05) is 26.2 Å². The smallest absolute Gasteiger partial charge is 0.216 e. The summed E-state index contributed by atoms with van der Waals surface area (Å²) in [6, 6.07) is 0. The third-order valence-electron chi connectivity index (χ3n) is 3.84. The maximum absolute atomic E-state index is 12.0. The summed E-state index contributed by atoms with van der Waals surface area (Å²) in [7, 11) is -2.97. The Morgan fingerprint density at radius 3 is 2.12 bits per heavy atom. The van der Waals surface area contributed by atoms with E-state index in [2.05, 4.69) is 5.32 Å². The molecule has 1 N–H and O–H groups in total. The van der Waals surface area contributed by atoms with Crippen LogP contribution in [0.5, 0.6) is 0 Å². The van der Waals surface area contributed by atoms with E-state index in [1.807, 2.05) is 0 Å². The maximum atomic E-state index is 12.0. The highest BCUT2D eigenvalue weighted by molar-refractivity contribution is 7.90. The zero-order chi connectivity index (χ0) is 11.9. The minimum atomic E-state index is -2.97. The molecule has 1 aliphatic carbocycles. The molecule has 0 atom stereocenters. The topological polar surface area (TPSA) is 58.6 Å². The lowest BCUT2D eigenvalue weighted by Crippen LogP contribution is -2.51. The zero-order valence-electron chi connectivity index (χ0n) is 9.97. The van der Waals surface area contributed by atoms with Crippen LogP contribution in [0.25, 0.3) is 0 Å². The second-order valence-corrected chi connectivity index (χ2v) is 7.47. The van der Waals surface area contributed by atoms with Gasteiger partial charge in [0.05, 0.1) is 17.5 Å². The first-order valence-electron chi connectivity index (χ1n) is 6.51. The van der Waals surface area contributed by atoms with E-state index in [4.69, 9.17) is 4.74 Å². The average molecular weight is 260 g/mol. The van der Waals surface area contributed by atoms with Crippen LogP contribution in [0, 0.1) is 0 Å². The van der Waals surface area contributed by atoms with Crippen LogP contribution in [0.4, 0.5) is 0 Å². The standard InChI is InChI=1S/C11H20N2O3S/c14-17(15,11-1-2-11)13-5-3-9(4-6-13)16-10-7-12-8-10/h9-12H,1-8H2. The summed E-state index contributed by atoms with van der Waals surface area (Å²) in [5.41, 5.74) is 0. The predicted octanol–water partition coefficient (Wildman–Crippen LogP) is -0.0686. The molecule has 2 saturated heterocycles. The normalized spacial score (nSPS) is 29.2. The van der Waals surface area contributed by atoms with Crippen molar-refractivity contribution in [3.05, 3.63) is 0 Å². The van der Waals surface area contributed by atoms with Gasteiger partial charge in [0.1, 0.15) is 0 Å². The molecule has 0 aromatic heterocycles. The van der Waals surface area contributed by atoms with E-state index in [1.54, 1.807) is 4.31 Å². The van der Waals surface area contributed by atoms with E-state index in [9.17, 15) is 8.42 Å². The molecule has 2 heterocycles. The lowest BCUT2D eigenvalue weighted by molar-refractivity contribution is -0.0552. The van der Waals surface area contributed by atoms with E-state index in [0.717, 1.165) is 38.8 Å². The Balaban J connectivity index is 1.49. The van der Waals surface area contributed by atoms with Crippen molar-refractivity contribution in [1.29, 1.82) is 0 Å². The van der Waals surface area contributed by atoms with Crippen LogP contribution in [-0.4, -0.2) is 56.4 Å². The van der Waals surface area contributed by atoms with Crippen molar-refractivity contribution in [3.63, 3.8) is 0 Å². The van der Waals surface area contributed by atoms with Crippen molar-refractivity contribution in [2.24, 2.45) is 0 Å². The largest absolute Gasteiger partial charge is 0.372 e. The van der Waals surface area contributed by atoms with Gasteiger partial charge in [0.15, 0.2) is 0 Å². The second kappa shape index (κ2) is 4.50. The number of nitrogens with zero attached hydrogens (tertiary/aromatic N) is 1. The fourth-order valence-corrected chi connectivity index (χ4v) is 4.30. The fourth-order valence-electron chi connectivity index (χ4n) is 2.43. The van der Waals surface area contributed by atoms with E-state index < -0.39 is 10.0 Å². The molecule has 3 fully saturated rings. The Hall–Kier alpha value is -0.170. The molecule has 0 bridgehead atoms. The minimum Gasteiger partial charge on any atom is -0.372 e. The molecule has 2 aliphatic heterocycles. The molecular formula is C11H20N2O3S. The number of rotatable bonds is 4. The molecule has 0 radical (unpaired) electrons. The van der Waals surface area contributed by atoms with Gasteiger partial charge >= 0.3 is 0 Å². The second-order valence-electron chi connectivity index (χ2n) is 5.26. The summed E-state index contributed by atoms with van der Waals surface area (Å²) >= 11 is 0. The molecule has 17 heavy (non-hydrogen) atoms. The van der Waals surface area contributed by atoms with Crippen molar-refractivity contribution >= 4 is 10.0 Å². The summed E-state index contributed by atoms with van der Waals surface area (Å²) in [5.74, 6) is 0. The first-order chi connectivity index (χ1) is 8.16. The van der Waals surface area contributed by atoms with Gasteiger partial charge in [-0.2, -0.15) is 0 Å². The molecule has 98 valence electrons. The molecule has 0 aromatic rings. The van der Waals surface area contributed by atoms with Crippen LogP contribution in [0.3, 0.4) is 0 Å². The van der Waals surface area contributed by atoms with Crippen LogP contribution >= 0.6 is 0 Å². The first-order valence-corrected chi connectivity index (χ1v) is 8.02. The summed E-state index contributed by atoms with van der Waals surface area (Å²) in [6.45, 7) is 3.18. The SMILES string of the molecule is O=S(=O)(C1CC1)N1CCC(OC2CNC2)CC1. The quantitative estimate of drug-likeness (QED) is 0.769. The number of hydrogen-bond acceptors (Lipinski definition) is 4. The molecule has 0 spiro atoms. The van der Waals surface area contributed by atoms with Crippen molar-refractivity contribution in [1.82, 2.24) is 9.62 Å². The molecule has 1 saturated carbocycles. The maximum Gasteiger partial charge on any atom is 0.216 e. The van der Waals surface area contributed by atoms with Gasteiger partial charge in [-0.15, -0.1) is 0 Å². The van der Waals surface area contributed by atoms with Crippen LogP contribution in [0.1, 0.15) is 25.7 Å². The average Bonchev–Trinajstić information content (AvgIpc) is 3.08. The molecule has 0 aromatic carbocycles. The van der Waals surface area contributed by atoms with Gasteiger partial charge in [0.2, 0.25) is 10.0 Å². The Morgan fingerprint density at radius 1 is 1.00 bits per heavy atom. The van der Waals surface area contributed by atoms with Crippen LogP contribution in [-0.2, 0) is 14.8 Å². The lowest BCUT2D eigenvalue weighted by atomic mass is 10.1. The molecular weight excluding hydrogens is 240 g/mol. The monoisotopic (exact) mass is 260 g/mol. The van der Waals surface area contributed by atoms with Gasteiger partial charge in [-0.25, -0.2) is 12.7 Å². The van der Waals surface area contributed by atoms with E-state index in [1.165, 1.54) is 0 Å². The number of hydrogen-bond donors (Lipinski definition) is 1. The van der Waals surface area contributed by atoms with Gasteiger partial charge in [-0.05, 0) is 25.7 Å². The van der Waals surface area contributed by atoms with Gasteiger partial charge in [-0.3, -0.25) is 0 Å². The Labute approximate surface area is 103 Å². The molecule has 3 rings (SSSR count). The summed E-state index contributed by atoms with van der Waals surface area (Å²) in [5, 5.41) is 3.10. The Bertz CT molecular complexity index is 368. The first kappa shape index (κ1) is 11.9. The summed E-state index contributed by atoms with van der Waals surface area (Å²) in [4.78, 5) is 0. The van der Waals surface area contributed by atoms with Gasteiger partial charge in [-0.1, -0.05) is 0 Å². The van der Waals surface area contributed by atoms with Gasteiger partial charge < -0.3 is 10.1 Å². The van der Waals surface area contributed by atoms with E-state index >= 15 is 0 Å². The van der Waals surface area contributed by atoms with Crippen molar-refractivity contribution in [2.45, 2.75) is 43.1 Å². The molecule has 0 unspecified atom stereocenters. The number of sulfonamides is 1. The van der Waals surface area contributed by atoms with E-state index in [-0.39, 0.29) is 11.4 Å². The highest BCUT2D eigenvalue weighted by Crippen LogP contribution is 2.32. The summed E-state index contributed by atoms with van der Waals surface area (Å²) < 4.78 is 31.6. The van der Waals surface area contributed by atoms with Gasteiger partial charge in [0.25, 0.3) is 0 Å². The van der Waals surface area contributed by atoms with Gasteiger partial charge in [0, 0.05) is 26.2 Å². The molecule has 6 heteroatoms. The highest BCUT2D eigenvalue weighted by Gasteiger charge is 2.41. The lowest BCUT2D eigenvalue weighted by Gasteiger charge is -2.36. The molecule has 0 amide bonds. The van der Waals surface area contributed by atoms with Crippen molar-refractivity contribution < 1.29 is 13.2 Å². The molecule has 5 nitrogen and oxygen atoms in total. The number of nitrogens with one attached hydrogen (secondary N) is 1. The number of piperidine rings is 1. The third-order valence-corrected chi connectivity index (χ3v) is 6.23. The molecule has 3 aliphatic rings. The Kier molecular flexibility index (Phi) is 3.15. The van der Waals surface area contributed by atoms with E-state index in [0.29, 0.717) is 19.2 Å². The predicted molar refractivity (Wildman–Crippen MR) is 64.3 cm³/mol. The zero-order valence-corrected chi connectivity index (χ0v) is 10.8. The Morgan fingerprint density at radius 2 is 1.65 bits per heavy atom. The summed E-state index contributed by atoms with van der Waals surface area (Å²) in [6.07, 6.45) is 4.02. The number of ether oxygens (including phenoxy) is 1. The van der Waals surface area contributed by atoms with Crippen LogP contribution in [0.15, 0.2) is 0 Å². The third kappa shape index (κ3) is 2.50. The minimum absolute atomic E-state index is 0.0733. The van der Waals surface area contributed by atoms with Crippen LogP contribution in [0.2, 0.25) is 0 Å². The van der Waals surface area contributed by atoms with Crippen LogP contribution < -0.4 is 5.32 Å².